The molecule has 2 rings (SSSR count). The Morgan fingerprint density at radius 2 is 2.00 bits per heavy atom. The van der Waals surface area contributed by atoms with Crippen LogP contribution in [0.5, 0.6) is 0 Å². The zero-order valence-electron chi connectivity index (χ0n) is 7.07. The van der Waals surface area contributed by atoms with E-state index in [1.165, 1.54) is 11.3 Å². The first-order valence-electron chi connectivity index (χ1n) is 3.91. The van der Waals surface area contributed by atoms with E-state index in [2.05, 4.69) is 11.1 Å². The second kappa shape index (κ2) is 3.79. The molecule has 1 aromatic carbocycles. The summed E-state index contributed by atoms with van der Waals surface area (Å²) in [6.45, 7) is 0. The Kier molecular flexibility index (Phi) is 2.49. The maximum absolute atomic E-state index is 8.62. The number of nitriles is 1. The molecule has 4 heteroatoms. The molecule has 2 aromatic rings. The second-order valence-corrected chi connectivity index (χ2v) is 4.12. The van der Waals surface area contributed by atoms with E-state index in [1.807, 2.05) is 17.5 Å². The minimum atomic E-state index is 0.532. The summed E-state index contributed by atoms with van der Waals surface area (Å²) < 4.78 is 0.532. The Hall–Kier alpha value is -1.37. The molecule has 0 bridgehead atoms. The van der Waals surface area contributed by atoms with Gasteiger partial charge in [-0.3, -0.25) is 0 Å². The average molecular weight is 221 g/mol. The third-order valence-electron chi connectivity index (χ3n) is 1.79. The van der Waals surface area contributed by atoms with Gasteiger partial charge in [-0.2, -0.15) is 5.26 Å². The molecule has 0 amide bonds. The Bertz CT molecular complexity index is 482. The molecule has 0 aliphatic heterocycles. The highest BCUT2D eigenvalue weighted by molar-refractivity contribution is 7.14. The number of hydrogen-bond acceptors (Lipinski definition) is 3. The van der Waals surface area contributed by atoms with Crippen molar-refractivity contribution in [1.82, 2.24) is 4.98 Å². The second-order valence-electron chi connectivity index (χ2n) is 2.67. The summed E-state index contributed by atoms with van der Waals surface area (Å²) in [5.74, 6) is 0. The van der Waals surface area contributed by atoms with Crippen molar-refractivity contribution in [2.75, 3.05) is 0 Å². The van der Waals surface area contributed by atoms with E-state index >= 15 is 0 Å². The molecule has 68 valence electrons. The quantitative estimate of drug-likeness (QED) is 0.739. The standard InChI is InChI=1S/C10H5ClN2S/c11-10-13-9(6-14-10)8-3-1-7(5-12)2-4-8/h1-4,6H. The maximum Gasteiger partial charge on any atom is 0.184 e. The van der Waals surface area contributed by atoms with Crippen molar-refractivity contribution < 1.29 is 0 Å². The monoisotopic (exact) mass is 220 g/mol. The molecule has 0 aliphatic rings. The molecule has 0 radical (unpaired) electrons. The van der Waals surface area contributed by atoms with Crippen molar-refractivity contribution in [2.24, 2.45) is 0 Å². The molecule has 2 nitrogen and oxygen atoms in total. The minimum absolute atomic E-state index is 0.532. The summed E-state index contributed by atoms with van der Waals surface area (Å²) in [5.41, 5.74) is 2.48. The summed E-state index contributed by atoms with van der Waals surface area (Å²) in [6.07, 6.45) is 0. The molecular formula is C10H5ClN2S. The van der Waals surface area contributed by atoms with Gasteiger partial charge < -0.3 is 0 Å². The highest BCUT2D eigenvalue weighted by Gasteiger charge is 2.02. The van der Waals surface area contributed by atoms with Crippen LogP contribution in [-0.4, -0.2) is 4.98 Å². The highest BCUT2D eigenvalue weighted by atomic mass is 35.5. The number of rotatable bonds is 1. The summed E-state index contributed by atoms with van der Waals surface area (Å²) in [4.78, 5) is 4.14. The van der Waals surface area contributed by atoms with Crippen LogP contribution in [0.4, 0.5) is 0 Å². The molecule has 1 heterocycles. The fraction of sp³-hybridized carbons (Fsp3) is 0. The van der Waals surface area contributed by atoms with Crippen LogP contribution in [0, 0.1) is 11.3 Å². The van der Waals surface area contributed by atoms with Gasteiger partial charge in [0, 0.05) is 10.9 Å². The largest absolute Gasteiger partial charge is 0.225 e. The van der Waals surface area contributed by atoms with Crippen molar-refractivity contribution in [3.63, 3.8) is 0 Å². The molecule has 0 spiro atoms. The average Bonchev–Trinajstić information content (AvgIpc) is 2.65. The molecule has 14 heavy (non-hydrogen) atoms. The minimum Gasteiger partial charge on any atom is -0.225 e. The number of nitrogens with zero attached hydrogens (tertiary/aromatic N) is 2. The van der Waals surface area contributed by atoms with Crippen LogP contribution in [0.15, 0.2) is 29.6 Å². The van der Waals surface area contributed by atoms with Crippen molar-refractivity contribution in [3.8, 4) is 17.3 Å². The van der Waals surface area contributed by atoms with Crippen LogP contribution in [0.25, 0.3) is 11.3 Å². The molecule has 0 fully saturated rings. The van der Waals surface area contributed by atoms with E-state index in [1.54, 1.807) is 12.1 Å². The van der Waals surface area contributed by atoms with Gasteiger partial charge in [0.15, 0.2) is 4.47 Å². The van der Waals surface area contributed by atoms with Crippen molar-refractivity contribution in [1.29, 1.82) is 5.26 Å². The highest BCUT2D eigenvalue weighted by Crippen LogP contribution is 2.24. The summed E-state index contributed by atoms with van der Waals surface area (Å²) in [6, 6.07) is 9.33. The lowest BCUT2D eigenvalue weighted by Crippen LogP contribution is -1.78. The molecule has 0 N–H and O–H groups in total. The summed E-state index contributed by atoms with van der Waals surface area (Å²) >= 11 is 7.12. The molecule has 1 aromatic heterocycles. The SMILES string of the molecule is N#Cc1ccc(-c2csc(Cl)n2)cc1. The summed E-state index contributed by atoms with van der Waals surface area (Å²) in [5, 5.41) is 10.5. The van der Waals surface area contributed by atoms with E-state index in [0.29, 0.717) is 10.0 Å². The third-order valence-corrected chi connectivity index (χ3v) is 2.76. The Labute approximate surface area is 90.4 Å². The Balaban J connectivity index is 2.39. The van der Waals surface area contributed by atoms with Crippen LogP contribution in [0.3, 0.4) is 0 Å². The van der Waals surface area contributed by atoms with Gasteiger partial charge in [0.2, 0.25) is 0 Å². The predicted molar refractivity (Wildman–Crippen MR) is 57.3 cm³/mol. The molecule has 0 unspecified atom stereocenters. The van der Waals surface area contributed by atoms with Gasteiger partial charge in [-0.1, -0.05) is 23.7 Å². The number of aromatic nitrogens is 1. The van der Waals surface area contributed by atoms with Crippen LogP contribution in [0.2, 0.25) is 4.47 Å². The van der Waals surface area contributed by atoms with Crippen LogP contribution < -0.4 is 0 Å². The van der Waals surface area contributed by atoms with Gasteiger partial charge in [0.05, 0.1) is 17.3 Å². The van der Waals surface area contributed by atoms with Gasteiger partial charge in [-0.05, 0) is 12.1 Å². The Morgan fingerprint density at radius 1 is 1.29 bits per heavy atom. The molecular weight excluding hydrogens is 216 g/mol. The van der Waals surface area contributed by atoms with E-state index in [4.69, 9.17) is 16.9 Å². The van der Waals surface area contributed by atoms with E-state index in [-0.39, 0.29) is 0 Å². The number of halogens is 1. The van der Waals surface area contributed by atoms with E-state index in [0.717, 1.165) is 11.3 Å². The van der Waals surface area contributed by atoms with Gasteiger partial charge >= 0.3 is 0 Å². The predicted octanol–water partition coefficient (Wildman–Crippen LogP) is 3.34. The maximum atomic E-state index is 8.62. The topological polar surface area (TPSA) is 36.7 Å². The Morgan fingerprint density at radius 3 is 2.50 bits per heavy atom. The normalized spacial score (nSPS) is 9.71. The smallest absolute Gasteiger partial charge is 0.184 e. The van der Waals surface area contributed by atoms with Crippen LogP contribution >= 0.6 is 22.9 Å². The van der Waals surface area contributed by atoms with Gasteiger partial charge in [-0.25, -0.2) is 4.98 Å². The van der Waals surface area contributed by atoms with E-state index in [9.17, 15) is 0 Å². The molecule has 0 aliphatic carbocycles. The zero-order chi connectivity index (χ0) is 9.97. The first kappa shape index (κ1) is 9.20. The molecule has 0 saturated heterocycles. The third kappa shape index (κ3) is 1.77. The first-order chi connectivity index (χ1) is 6.79. The number of thiazole rings is 1. The zero-order valence-corrected chi connectivity index (χ0v) is 8.64. The lowest BCUT2D eigenvalue weighted by atomic mass is 10.1. The number of hydrogen-bond donors (Lipinski definition) is 0. The fourth-order valence-electron chi connectivity index (χ4n) is 1.10. The number of benzene rings is 1. The van der Waals surface area contributed by atoms with Crippen LogP contribution in [-0.2, 0) is 0 Å². The lowest BCUT2D eigenvalue weighted by Gasteiger charge is -1.94. The van der Waals surface area contributed by atoms with Gasteiger partial charge in [0.25, 0.3) is 0 Å². The van der Waals surface area contributed by atoms with Gasteiger partial charge in [-0.15, -0.1) is 11.3 Å². The summed E-state index contributed by atoms with van der Waals surface area (Å²) in [7, 11) is 0. The van der Waals surface area contributed by atoms with E-state index < -0.39 is 0 Å². The molecule has 0 saturated carbocycles. The van der Waals surface area contributed by atoms with Crippen molar-refractivity contribution in [2.45, 2.75) is 0 Å². The van der Waals surface area contributed by atoms with Crippen molar-refractivity contribution >= 4 is 22.9 Å². The molecule has 0 atom stereocenters. The first-order valence-corrected chi connectivity index (χ1v) is 5.17. The van der Waals surface area contributed by atoms with Gasteiger partial charge in [0.1, 0.15) is 0 Å². The lowest BCUT2D eigenvalue weighted by molar-refractivity contribution is 1.40. The van der Waals surface area contributed by atoms with Crippen molar-refractivity contribution in [3.05, 3.63) is 39.7 Å². The fourth-order valence-corrected chi connectivity index (χ4v) is 1.87. The van der Waals surface area contributed by atoms with Crippen LogP contribution in [0.1, 0.15) is 5.56 Å².